The number of methoxy groups -OCH3 is 1. The molecule has 2 heterocycles. The molecule has 0 aromatic heterocycles. The lowest BCUT2D eigenvalue weighted by molar-refractivity contribution is -0.136. The van der Waals surface area contributed by atoms with Crippen molar-refractivity contribution in [3.8, 4) is 0 Å². The van der Waals surface area contributed by atoms with Crippen LogP contribution in [-0.4, -0.2) is 54.8 Å². The first-order valence-corrected chi connectivity index (χ1v) is 8.12. The Morgan fingerprint density at radius 2 is 2.04 bits per heavy atom. The molecule has 0 saturated carbocycles. The van der Waals surface area contributed by atoms with Crippen LogP contribution >= 0.6 is 0 Å². The van der Waals surface area contributed by atoms with Gasteiger partial charge in [-0.2, -0.15) is 0 Å². The molecule has 0 bridgehead atoms. The van der Waals surface area contributed by atoms with E-state index in [9.17, 15) is 19.2 Å². The van der Waals surface area contributed by atoms with Crippen LogP contribution in [0.25, 0.3) is 0 Å². The van der Waals surface area contributed by atoms with E-state index in [4.69, 9.17) is 4.74 Å². The smallest absolute Gasteiger partial charge is 0.264 e. The minimum absolute atomic E-state index is 0.103. The highest BCUT2D eigenvalue weighted by Gasteiger charge is 2.45. The summed E-state index contributed by atoms with van der Waals surface area (Å²) in [6.07, 6.45) is 0.998. The zero-order chi connectivity index (χ0) is 18.0. The average Bonchev–Trinajstić information content (AvgIpc) is 2.84. The number of nitrogens with zero attached hydrogens (tertiary/aromatic N) is 1. The van der Waals surface area contributed by atoms with Crippen LogP contribution in [0.5, 0.6) is 0 Å². The molecular formula is C17H19N3O5. The highest BCUT2D eigenvalue weighted by molar-refractivity contribution is 6.25. The van der Waals surface area contributed by atoms with E-state index in [0.717, 1.165) is 11.3 Å². The molecule has 0 spiro atoms. The maximum absolute atomic E-state index is 12.8. The number of hydrogen-bond donors (Lipinski definition) is 2. The van der Waals surface area contributed by atoms with Crippen LogP contribution in [0.2, 0.25) is 0 Å². The molecule has 8 nitrogen and oxygen atoms in total. The van der Waals surface area contributed by atoms with Gasteiger partial charge in [-0.1, -0.05) is 6.07 Å². The lowest BCUT2D eigenvalue weighted by atomic mass is 10.0. The first-order valence-electron chi connectivity index (χ1n) is 8.12. The van der Waals surface area contributed by atoms with Gasteiger partial charge in [0.1, 0.15) is 6.04 Å². The summed E-state index contributed by atoms with van der Waals surface area (Å²) in [7, 11) is 1.61. The summed E-state index contributed by atoms with van der Waals surface area (Å²) in [6, 6.07) is 4.04. The third-order valence-corrected chi connectivity index (χ3v) is 4.31. The Morgan fingerprint density at radius 3 is 2.76 bits per heavy atom. The standard InChI is InChI=1S/C17H19N3O5/c1-25-9-3-8-18-11-5-2-4-10-14(11)17(24)20(16(10)23)12-6-7-13(21)19-15(12)22/h2,4-5,12,18H,3,6-9H2,1H3,(H,19,21,22). The van der Waals surface area contributed by atoms with Gasteiger partial charge in [0.25, 0.3) is 11.8 Å². The van der Waals surface area contributed by atoms with E-state index in [2.05, 4.69) is 10.6 Å². The molecule has 2 aliphatic heterocycles. The van der Waals surface area contributed by atoms with Crippen LogP contribution < -0.4 is 10.6 Å². The van der Waals surface area contributed by atoms with Crippen molar-refractivity contribution in [2.45, 2.75) is 25.3 Å². The molecule has 25 heavy (non-hydrogen) atoms. The number of fused-ring (bicyclic) bond motifs is 1. The molecular weight excluding hydrogens is 326 g/mol. The summed E-state index contributed by atoms with van der Waals surface area (Å²) in [5.74, 6) is -2.02. The van der Waals surface area contributed by atoms with Crippen LogP contribution in [0.3, 0.4) is 0 Å². The molecule has 1 saturated heterocycles. The molecule has 0 aliphatic carbocycles. The molecule has 1 fully saturated rings. The number of piperidine rings is 1. The Balaban J connectivity index is 1.84. The zero-order valence-corrected chi connectivity index (χ0v) is 13.8. The number of hydrogen-bond acceptors (Lipinski definition) is 6. The summed E-state index contributed by atoms with van der Waals surface area (Å²) >= 11 is 0. The molecule has 1 unspecified atom stereocenters. The second-order valence-electron chi connectivity index (χ2n) is 5.95. The van der Waals surface area contributed by atoms with E-state index in [1.807, 2.05) is 0 Å². The normalized spacial score (nSPS) is 19.9. The Labute approximate surface area is 144 Å². The molecule has 2 aliphatic rings. The van der Waals surface area contributed by atoms with E-state index in [1.165, 1.54) is 0 Å². The number of anilines is 1. The summed E-state index contributed by atoms with van der Waals surface area (Å²) in [5.41, 5.74) is 1.10. The fourth-order valence-electron chi connectivity index (χ4n) is 3.10. The largest absolute Gasteiger partial charge is 0.385 e. The van der Waals surface area contributed by atoms with Gasteiger partial charge in [-0.25, -0.2) is 0 Å². The number of carbonyl (C=O) groups is 4. The quantitative estimate of drug-likeness (QED) is 0.576. The van der Waals surface area contributed by atoms with Gasteiger partial charge in [0.05, 0.1) is 11.1 Å². The van der Waals surface area contributed by atoms with Crippen molar-refractivity contribution in [2.75, 3.05) is 25.6 Å². The second kappa shape index (κ2) is 7.02. The van der Waals surface area contributed by atoms with Gasteiger partial charge in [0.2, 0.25) is 11.8 Å². The number of ether oxygens (including phenoxy) is 1. The maximum atomic E-state index is 12.8. The minimum atomic E-state index is -0.952. The Kier molecular flexibility index (Phi) is 4.80. The summed E-state index contributed by atoms with van der Waals surface area (Å²) in [5, 5.41) is 5.32. The molecule has 1 aromatic rings. The number of rotatable bonds is 6. The third kappa shape index (κ3) is 3.12. The number of benzene rings is 1. The maximum Gasteiger partial charge on any atom is 0.264 e. The minimum Gasteiger partial charge on any atom is -0.385 e. The third-order valence-electron chi connectivity index (χ3n) is 4.31. The first kappa shape index (κ1) is 17.1. The van der Waals surface area contributed by atoms with Crippen molar-refractivity contribution in [2.24, 2.45) is 0 Å². The van der Waals surface area contributed by atoms with Crippen molar-refractivity contribution in [1.82, 2.24) is 10.2 Å². The topological polar surface area (TPSA) is 105 Å². The summed E-state index contributed by atoms with van der Waals surface area (Å²) in [6.45, 7) is 1.17. The lowest BCUT2D eigenvalue weighted by Gasteiger charge is -2.27. The van der Waals surface area contributed by atoms with Crippen molar-refractivity contribution < 1.29 is 23.9 Å². The number of amides is 4. The van der Waals surface area contributed by atoms with E-state index in [0.29, 0.717) is 18.8 Å². The Hall–Kier alpha value is -2.74. The van der Waals surface area contributed by atoms with E-state index >= 15 is 0 Å². The molecule has 8 heteroatoms. The van der Waals surface area contributed by atoms with E-state index in [-0.39, 0.29) is 24.0 Å². The monoisotopic (exact) mass is 345 g/mol. The predicted molar refractivity (Wildman–Crippen MR) is 88.1 cm³/mol. The predicted octanol–water partition coefficient (Wildman–Crippen LogP) is 0.536. The van der Waals surface area contributed by atoms with Gasteiger partial charge in [0, 0.05) is 32.4 Å². The van der Waals surface area contributed by atoms with Crippen molar-refractivity contribution in [3.63, 3.8) is 0 Å². The van der Waals surface area contributed by atoms with Gasteiger partial charge in [-0.05, 0) is 25.0 Å². The molecule has 0 radical (unpaired) electrons. The molecule has 4 amide bonds. The van der Waals surface area contributed by atoms with Crippen LogP contribution in [0.15, 0.2) is 18.2 Å². The average molecular weight is 345 g/mol. The van der Waals surface area contributed by atoms with Crippen molar-refractivity contribution in [3.05, 3.63) is 29.3 Å². The van der Waals surface area contributed by atoms with Crippen molar-refractivity contribution >= 4 is 29.3 Å². The highest BCUT2D eigenvalue weighted by Crippen LogP contribution is 2.32. The van der Waals surface area contributed by atoms with Gasteiger partial charge in [0.15, 0.2) is 0 Å². The van der Waals surface area contributed by atoms with Crippen molar-refractivity contribution in [1.29, 1.82) is 0 Å². The summed E-state index contributed by atoms with van der Waals surface area (Å²) in [4.78, 5) is 49.8. The molecule has 1 aromatic carbocycles. The van der Waals surface area contributed by atoms with E-state index < -0.39 is 29.7 Å². The number of imide groups is 2. The van der Waals surface area contributed by atoms with Gasteiger partial charge >= 0.3 is 0 Å². The van der Waals surface area contributed by atoms with Gasteiger partial charge in [-0.3, -0.25) is 29.4 Å². The molecule has 132 valence electrons. The molecule has 1 atom stereocenters. The van der Waals surface area contributed by atoms with Gasteiger partial charge < -0.3 is 10.1 Å². The Morgan fingerprint density at radius 1 is 1.24 bits per heavy atom. The summed E-state index contributed by atoms with van der Waals surface area (Å²) < 4.78 is 4.99. The zero-order valence-electron chi connectivity index (χ0n) is 13.8. The van der Waals surface area contributed by atoms with Crippen LogP contribution in [0.4, 0.5) is 5.69 Å². The molecule has 2 N–H and O–H groups in total. The highest BCUT2D eigenvalue weighted by atomic mass is 16.5. The first-order chi connectivity index (χ1) is 12.0. The van der Waals surface area contributed by atoms with E-state index in [1.54, 1.807) is 25.3 Å². The number of nitrogens with one attached hydrogen (secondary N) is 2. The van der Waals surface area contributed by atoms with Crippen LogP contribution in [-0.2, 0) is 14.3 Å². The number of carbonyl (C=O) groups excluding carboxylic acids is 4. The van der Waals surface area contributed by atoms with Gasteiger partial charge in [-0.15, -0.1) is 0 Å². The Bertz CT molecular complexity index is 746. The lowest BCUT2D eigenvalue weighted by Crippen LogP contribution is -2.54. The van der Waals surface area contributed by atoms with Crippen LogP contribution in [0, 0.1) is 0 Å². The fourth-order valence-corrected chi connectivity index (χ4v) is 3.10. The van der Waals surface area contributed by atoms with Crippen LogP contribution in [0.1, 0.15) is 40.0 Å². The SMILES string of the molecule is COCCCNc1cccc2c1C(=O)N(C1CCC(=O)NC1=O)C2=O. The fraction of sp³-hybridized carbons (Fsp3) is 0.412. The second-order valence-corrected chi connectivity index (χ2v) is 5.95. The molecule has 3 rings (SSSR count).